The maximum Gasteiger partial charge on any atom is 0.257 e. The molecule has 2 aromatic carbocycles. The number of rotatable bonds is 7. The molecule has 2 N–H and O–H groups in total. The molecule has 1 aliphatic heterocycles. The molecule has 0 saturated heterocycles. The van der Waals surface area contributed by atoms with Crippen molar-refractivity contribution in [2.75, 3.05) is 19.0 Å². The van der Waals surface area contributed by atoms with E-state index in [9.17, 15) is 14.0 Å². The van der Waals surface area contributed by atoms with Crippen molar-refractivity contribution in [3.05, 3.63) is 75.3 Å². The number of para-hydroxylation sites is 1. The number of anilines is 1. The van der Waals surface area contributed by atoms with E-state index in [-0.39, 0.29) is 35.3 Å². The van der Waals surface area contributed by atoms with Crippen LogP contribution < -0.4 is 20.3 Å². The van der Waals surface area contributed by atoms with Gasteiger partial charge in [-0.2, -0.15) is 0 Å². The summed E-state index contributed by atoms with van der Waals surface area (Å²) in [5, 5.41) is 3.00. The van der Waals surface area contributed by atoms with E-state index in [1.807, 2.05) is 13.0 Å². The number of thioether (sulfide) groups is 1. The van der Waals surface area contributed by atoms with Crippen molar-refractivity contribution in [3.8, 4) is 11.5 Å². The van der Waals surface area contributed by atoms with Crippen LogP contribution in [-0.4, -0.2) is 29.6 Å². The third-order valence-corrected chi connectivity index (χ3v) is 6.07. The molecule has 32 heavy (non-hydrogen) atoms. The van der Waals surface area contributed by atoms with Crippen LogP contribution in [0.5, 0.6) is 11.5 Å². The number of nitrogens with zero attached hydrogens (tertiary/aromatic N) is 1. The molecule has 7 nitrogen and oxygen atoms in total. The Morgan fingerprint density at radius 1 is 1.19 bits per heavy atom. The van der Waals surface area contributed by atoms with Crippen LogP contribution in [0.25, 0.3) is 0 Å². The highest BCUT2D eigenvalue weighted by molar-refractivity contribution is 7.98. The maximum absolute atomic E-state index is 13.9. The van der Waals surface area contributed by atoms with Crippen molar-refractivity contribution in [2.45, 2.75) is 30.2 Å². The fourth-order valence-electron chi connectivity index (χ4n) is 3.71. The molecule has 0 fully saturated rings. The molecule has 0 radical (unpaired) electrons. The van der Waals surface area contributed by atoms with Crippen LogP contribution in [0.15, 0.2) is 52.4 Å². The molecule has 1 aliphatic rings. The first-order chi connectivity index (χ1) is 15.5. The number of H-pyrrole nitrogens is 1. The van der Waals surface area contributed by atoms with E-state index in [0.717, 1.165) is 0 Å². The summed E-state index contributed by atoms with van der Waals surface area (Å²) in [5.74, 6) is 0.398. The summed E-state index contributed by atoms with van der Waals surface area (Å²) >= 11 is 1.19. The highest BCUT2D eigenvalue weighted by Crippen LogP contribution is 2.42. The molecule has 2 heterocycles. The number of hydrogen-bond acceptors (Lipinski definition) is 6. The third-order valence-electron chi connectivity index (χ3n) is 5.14. The third kappa shape index (κ3) is 4.34. The zero-order valence-corrected chi connectivity index (χ0v) is 18.4. The van der Waals surface area contributed by atoms with Gasteiger partial charge in [-0.3, -0.25) is 9.59 Å². The van der Waals surface area contributed by atoms with Gasteiger partial charge in [0.05, 0.1) is 19.3 Å². The second-order valence-corrected chi connectivity index (χ2v) is 8.09. The van der Waals surface area contributed by atoms with E-state index in [2.05, 4.69) is 15.3 Å². The number of carbonyl (C=O) groups excluding carboxylic acids is 1. The van der Waals surface area contributed by atoms with Crippen molar-refractivity contribution in [1.29, 1.82) is 0 Å². The van der Waals surface area contributed by atoms with Gasteiger partial charge in [0.2, 0.25) is 5.91 Å². The van der Waals surface area contributed by atoms with Crippen molar-refractivity contribution >= 4 is 23.5 Å². The Bertz CT molecular complexity index is 1210. The molecule has 0 unspecified atom stereocenters. The van der Waals surface area contributed by atoms with Gasteiger partial charge in [-0.1, -0.05) is 42.1 Å². The number of nitrogens with one attached hydrogen (secondary N) is 2. The number of benzene rings is 2. The highest BCUT2D eigenvalue weighted by Gasteiger charge is 2.33. The number of amides is 1. The monoisotopic (exact) mass is 455 g/mol. The van der Waals surface area contributed by atoms with Gasteiger partial charge in [0.15, 0.2) is 16.7 Å². The summed E-state index contributed by atoms with van der Waals surface area (Å²) in [6.45, 7) is 2.25. The lowest BCUT2D eigenvalue weighted by Crippen LogP contribution is -2.31. The van der Waals surface area contributed by atoms with Gasteiger partial charge in [-0.25, -0.2) is 9.37 Å². The van der Waals surface area contributed by atoms with Gasteiger partial charge in [0.25, 0.3) is 5.56 Å². The smallest absolute Gasteiger partial charge is 0.257 e. The molecule has 0 aliphatic carbocycles. The molecule has 9 heteroatoms. The van der Waals surface area contributed by atoms with Crippen LogP contribution >= 0.6 is 11.8 Å². The van der Waals surface area contributed by atoms with Crippen LogP contribution in [0.3, 0.4) is 0 Å². The Kier molecular flexibility index (Phi) is 6.45. The number of methoxy groups -OCH3 is 1. The van der Waals surface area contributed by atoms with Crippen molar-refractivity contribution in [2.24, 2.45) is 0 Å². The normalized spacial score (nSPS) is 15.1. The first-order valence-corrected chi connectivity index (χ1v) is 11.1. The Morgan fingerprint density at radius 3 is 2.75 bits per heavy atom. The number of carbonyl (C=O) groups is 1. The van der Waals surface area contributed by atoms with Gasteiger partial charge in [0, 0.05) is 23.7 Å². The number of halogens is 1. The average molecular weight is 456 g/mol. The van der Waals surface area contributed by atoms with Gasteiger partial charge >= 0.3 is 0 Å². The standard InChI is InChI=1S/C23H22FN3O4S/c1-3-31-20-14(8-6-10-17(20)30-2)15-11-18(28)25-21-19(15)22(29)27-23(26-21)32-12-13-7-4-5-9-16(13)24/h4-10,15H,3,11-12H2,1-2H3,(H2,25,26,27,28,29)/t15-/m1/s1. The zero-order valence-electron chi connectivity index (χ0n) is 17.6. The molecule has 1 amide bonds. The van der Waals surface area contributed by atoms with Gasteiger partial charge in [-0.15, -0.1) is 0 Å². The molecule has 166 valence electrons. The zero-order chi connectivity index (χ0) is 22.7. The van der Waals surface area contributed by atoms with E-state index in [4.69, 9.17) is 9.47 Å². The van der Waals surface area contributed by atoms with E-state index in [1.165, 1.54) is 24.9 Å². The number of ether oxygens (including phenoxy) is 2. The largest absolute Gasteiger partial charge is 0.493 e. The molecular formula is C23H22FN3O4S. The minimum atomic E-state index is -0.544. The van der Waals surface area contributed by atoms with E-state index in [1.54, 1.807) is 30.3 Å². The second-order valence-electron chi connectivity index (χ2n) is 7.13. The van der Waals surface area contributed by atoms with E-state index < -0.39 is 5.92 Å². The summed E-state index contributed by atoms with van der Waals surface area (Å²) in [6, 6.07) is 11.8. The predicted molar refractivity (Wildman–Crippen MR) is 120 cm³/mol. The number of fused-ring (bicyclic) bond motifs is 1. The molecule has 0 spiro atoms. The van der Waals surface area contributed by atoms with Gasteiger partial charge < -0.3 is 19.8 Å². The van der Waals surface area contributed by atoms with Crippen LogP contribution in [-0.2, 0) is 10.5 Å². The molecule has 0 bridgehead atoms. The molecule has 1 atom stereocenters. The summed E-state index contributed by atoms with van der Waals surface area (Å²) < 4.78 is 25.1. The van der Waals surface area contributed by atoms with Crippen LogP contribution in [0.1, 0.15) is 36.0 Å². The van der Waals surface area contributed by atoms with E-state index >= 15 is 0 Å². The molecule has 0 saturated carbocycles. The topological polar surface area (TPSA) is 93.3 Å². The Morgan fingerprint density at radius 2 is 2.00 bits per heavy atom. The van der Waals surface area contributed by atoms with Crippen molar-refractivity contribution in [3.63, 3.8) is 0 Å². The van der Waals surface area contributed by atoms with Gasteiger partial charge in [-0.05, 0) is 24.6 Å². The average Bonchev–Trinajstić information content (AvgIpc) is 2.78. The summed E-state index contributed by atoms with van der Waals surface area (Å²) in [4.78, 5) is 32.8. The number of aromatic nitrogens is 2. The minimum absolute atomic E-state index is 0.0761. The first kappa shape index (κ1) is 21.9. The lowest BCUT2D eigenvalue weighted by atomic mass is 9.86. The lowest BCUT2D eigenvalue weighted by molar-refractivity contribution is -0.116. The predicted octanol–water partition coefficient (Wildman–Crippen LogP) is 4.08. The number of hydrogen-bond donors (Lipinski definition) is 2. The highest BCUT2D eigenvalue weighted by atomic mass is 32.2. The first-order valence-electron chi connectivity index (χ1n) is 10.1. The molecule has 1 aromatic heterocycles. The van der Waals surface area contributed by atoms with E-state index in [0.29, 0.717) is 40.0 Å². The van der Waals surface area contributed by atoms with Crippen molar-refractivity contribution < 1.29 is 18.7 Å². The van der Waals surface area contributed by atoms with Crippen LogP contribution in [0.2, 0.25) is 0 Å². The lowest BCUT2D eigenvalue weighted by Gasteiger charge is -2.26. The molecule has 4 rings (SSSR count). The molecular weight excluding hydrogens is 433 g/mol. The Labute approximate surface area is 188 Å². The van der Waals surface area contributed by atoms with Gasteiger partial charge in [0.1, 0.15) is 11.6 Å². The van der Waals surface area contributed by atoms with Crippen LogP contribution in [0, 0.1) is 5.82 Å². The quantitative estimate of drug-likeness (QED) is 0.412. The Balaban J connectivity index is 1.72. The fraction of sp³-hybridized carbons (Fsp3) is 0.261. The van der Waals surface area contributed by atoms with Crippen molar-refractivity contribution in [1.82, 2.24) is 9.97 Å². The Hall–Kier alpha value is -3.33. The second kappa shape index (κ2) is 9.44. The minimum Gasteiger partial charge on any atom is -0.493 e. The molecule has 3 aromatic rings. The maximum atomic E-state index is 13.9. The van der Waals surface area contributed by atoms with Crippen LogP contribution in [0.4, 0.5) is 10.2 Å². The fourth-order valence-corrected chi connectivity index (χ4v) is 4.56. The number of aromatic amines is 1. The SMILES string of the molecule is CCOc1c(OC)cccc1[C@H]1CC(=O)Nc2nc(SCc3ccccc3F)[nH]c(=O)c21. The summed E-state index contributed by atoms with van der Waals surface area (Å²) in [6.07, 6.45) is 0.0761. The summed E-state index contributed by atoms with van der Waals surface area (Å²) in [5.41, 5.74) is 1.18. The summed E-state index contributed by atoms with van der Waals surface area (Å²) in [7, 11) is 1.54.